The van der Waals surface area contributed by atoms with Crippen molar-refractivity contribution in [1.82, 2.24) is 10.2 Å². The van der Waals surface area contributed by atoms with Gasteiger partial charge in [0, 0.05) is 11.6 Å². The molecule has 0 radical (unpaired) electrons. The Hall–Kier alpha value is -2.73. The number of hydrogen-bond acceptors (Lipinski definition) is 6. The number of amides is 2. The number of halogens is 1. The van der Waals surface area contributed by atoms with Gasteiger partial charge < -0.3 is 5.32 Å². The van der Waals surface area contributed by atoms with Gasteiger partial charge in [0.25, 0.3) is 0 Å². The van der Waals surface area contributed by atoms with Crippen LogP contribution in [0.3, 0.4) is 0 Å². The molecule has 9 heteroatoms. The van der Waals surface area contributed by atoms with Crippen molar-refractivity contribution in [2.45, 2.75) is 59.2 Å². The van der Waals surface area contributed by atoms with Crippen molar-refractivity contribution in [3.05, 3.63) is 65.2 Å². The highest BCUT2D eigenvalue weighted by Crippen LogP contribution is 2.53. The van der Waals surface area contributed by atoms with Gasteiger partial charge >= 0.3 is 0 Å². The summed E-state index contributed by atoms with van der Waals surface area (Å²) in [6.07, 6.45) is 2.07. The standard InChI is InChI=1S/C25H24ClN3O4S/c26-18-8-6-17(7-9-18)25(12-13-25)23(31)29(24(16-27)10-11-24)22(30)21-14-20(15-28-21)34(32,33)19-4-2-1-3-5-19/h1-9,20-21,28H,10-15H2/t20-,21+/m1/s1. The highest BCUT2D eigenvalue weighted by Gasteiger charge is 2.62. The van der Waals surface area contributed by atoms with Gasteiger partial charge in [-0.3, -0.25) is 14.5 Å². The van der Waals surface area contributed by atoms with Crippen molar-refractivity contribution in [3.8, 4) is 6.07 Å². The second kappa shape index (κ2) is 8.19. The number of sulfone groups is 1. The molecule has 2 aliphatic carbocycles. The fourth-order valence-electron chi connectivity index (χ4n) is 4.83. The topological polar surface area (TPSA) is 107 Å². The number of carbonyl (C=O) groups excluding carboxylic acids is 2. The molecule has 176 valence electrons. The van der Waals surface area contributed by atoms with Gasteiger partial charge in [0.15, 0.2) is 9.84 Å². The number of benzene rings is 2. The summed E-state index contributed by atoms with van der Waals surface area (Å²) in [5.41, 5.74) is -1.23. The van der Waals surface area contributed by atoms with Gasteiger partial charge in [-0.05, 0) is 61.9 Å². The molecule has 3 fully saturated rings. The molecule has 2 amide bonds. The zero-order valence-electron chi connectivity index (χ0n) is 18.4. The maximum absolute atomic E-state index is 13.8. The van der Waals surface area contributed by atoms with Crippen LogP contribution in [0.2, 0.25) is 5.02 Å². The lowest BCUT2D eigenvalue weighted by molar-refractivity contribution is -0.150. The summed E-state index contributed by atoms with van der Waals surface area (Å²) >= 11 is 6.01. The molecule has 1 N–H and O–H groups in total. The van der Waals surface area contributed by atoms with Crippen LogP contribution < -0.4 is 5.32 Å². The molecule has 7 nitrogen and oxygen atoms in total. The molecule has 2 aromatic rings. The largest absolute Gasteiger partial charge is 0.304 e. The monoisotopic (exact) mass is 497 g/mol. The normalized spacial score (nSPS) is 24.1. The Morgan fingerprint density at radius 3 is 2.24 bits per heavy atom. The molecule has 1 saturated heterocycles. The molecule has 1 aliphatic heterocycles. The second-order valence-electron chi connectivity index (χ2n) is 9.39. The Balaban J connectivity index is 1.41. The second-order valence-corrected chi connectivity index (χ2v) is 12.1. The number of hydrogen-bond donors (Lipinski definition) is 1. The molecule has 0 aromatic heterocycles. The van der Waals surface area contributed by atoms with E-state index in [1.54, 1.807) is 42.5 Å². The van der Waals surface area contributed by atoms with E-state index >= 15 is 0 Å². The zero-order valence-corrected chi connectivity index (χ0v) is 20.0. The Kier molecular flexibility index (Phi) is 5.55. The summed E-state index contributed by atoms with van der Waals surface area (Å²) < 4.78 is 26.1. The third-order valence-electron chi connectivity index (χ3n) is 7.24. The predicted octanol–water partition coefficient (Wildman–Crippen LogP) is 2.99. The summed E-state index contributed by atoms with van der Waals surface area (Å²) in [7, 11) is -3.64. The molecular weight excluding hydrogens is 474 g/mol. The van der Waals surface area contributed by atoms with Gasteiger partial charge in [-0.15, -0.1) is 0 Å². The van der Waals surface area contributed by atoms with Crippen LogP contribution in [0.25, 0.3) is 0 Å². The minimum absolute atomic E-state index is 0.0509. The van der Waals surface area contributed by atoms with Gasteiger partial charge in [0.05, 0.1) is 27.7 Å². The molecule has 5 rings (SSSR count). The summed E-state index contributed by atoms with van der Waals surface area (Å²) in [6.45, 7) is 0.109. The first-order chi connectivity index (χ1) is 16.2. The van der Waals surface area contributed by atoms with Crippen molar-refractivity contribution >= 4 is 33.3 Å². The Bertz CT molecular complexity index is 1280. The van der Waals surface area contributed by atoms with Crippen LogP contribution in [0.5, 0.6) is 0 Å². The minimum Gasteiger partial charge on any atom is -0.304 e. The van der Waals surface area contributed by atoms with Crippen molar-refractivity contribution < 1.29 is 18.0 Å². The van der Waals surface area contributed by atoms with Gasteiger partial charge in [-0.25, -0.2) is 8.42 Å². The Morgan fingerprint density at radius 1 is 1.03 bits per heavy atom. The van der Waals surface area contributed by atoms with Crippen LogP contribution in [0, 0.1) is 11.3 Å². The van der Waals surface area contributed by atoms with E-state index in [0.717, 1.165) is 10.5 Å². The van der Waals surface area contributed by atoms with E-state index in [-0.39, 0.29) is 23.8 Å². The third kappa shape index (κ3) is 3.72. The van der Waals surface area contributed by atoms with Gasteiger partial charge in [-0.1, -0.05) is 41.9 Å². The zero-order chi connectivity index (χ0) is 24.1. The van der Waals surface area contributed by atoms with Crippen molar-refractivity contribution in [1.29, 1.82) is 5.26 Å². The maximum Gasteiger partial charge on any atom is 0.247 e. The van der Waals surface area contributed by atoms with Crippen LogP contribution in [-0.4, -0.2) is 48.5 Å². The highest BCUT2D eigenvalue weighted by atomic mass is 35.5. The van der Waals surface area contributed by atoms with E-state index in [1.807, 2.05) is 0 Å². The summed E-state index contributed by atoms with van der Waals surface area (Å²) in [5, 5.41) is 12.6. The molecule has 2 saturated carbocycles. The number of imide groups is 1. The molecular formula is C25H24ClN3O4S. The van der Waals surface area contributed by atoms with E-state index in [4.69, 9.17) is 11.6 Å². The lowest BCUT2D eigenvalue weighted by atomic mass is 9.93. The van der Waals surface area contributed by atoms with Gasteiger partial charge in [-0.2, -0.15) is 5.26 Å². The van der Waals surface area contributed by atoms with Gasteiger partial charge in [0.2, 0.25) is 11.8 Å². The van der Waals surface area contributed by atoms with Crippen LogP contribution in [-0.2, 0) is 24.8 Å². The van der Waals surface area contributed by atoms with E-state index in [9.17, 15) is 23.3 Å². The fraction of sp³-hybridized carbons (Fsp3) is 0.400. The lowest BCUT2D eigenvalue weighted by Crippen LogP contribution is -2.55. The Morgan fingerprint density at radius 2 is 1.68 bits per heavy atom. The summed E-state index contributed by atoms with van der Waals surface area (Å²) in [5.74, 6) is -0.898. The molecule has 2 aromatic carbocycles. The van der Waals surface area contributed by atoms with Crippen molar-refractivity contribution in [2.24, 2.45) is 0 Å². The smallest absolute Gasteiger partial charge is 0.247 e. The Labute approximate surface area is 203 Å². The number of carbonyl (C=O) groups is 2. The lowest BCUT2D eigenvalue weighted by Gasteiger charge is -2.31. The number of nitrogens with zero attached hydrogens (tertiary/aromatic N) is 2. The van der Waals surface area contributed by atoms with E-state index in [1.165, 1.54) is 12.1 Å². The summed E-state index contributed by atoms with van der Waals surface area (Å²) in [4.78, 5) is 28.9. The van der Waals surface area contributed by atoms with E-state index in [2.05, 4.69) is 11.4 Å². The maximum atomic E-state index is 13.8. The minimum atomic E-state index is -3.64. The number of rotatable bonds is 6. The highest BCUT2D eigenvalue weighted by molar-refractivity contribution is 7.92. The van der Waals surface area contributed by atoms with E-state index in [0.29, 0.717) is 30.7 Å². The van der Waals surface area contributed by atoms with Crippen LogP contribution >= 0.6 is 11.6 Å². The average molecular weight is 498 g/mol. The van der Waals surface area contributed by atoms with Crippen molar-refractivity contribution in [3.63, 3.8) is 0 Å². The third-order valence-corrected chi connectivity index (χ3v) is 9.66. The molecule has 34 heavy (non-hydrogen) atoms. The molecule has 0 spiro atoms. The average Bonchev–Trinajstić information content (AvgIpc) is 3.77. The molecule has 0 unspecified atom stereocenters. The predicted molar refractivity (Wildman–Crippen MR) is 126 cm³/mol. The molecule has 1 heterocycles. The first-order valence-corrected chi connectivity index (χ1v) is 13.2. The fourth-order valence-corrected chi connectivity index (χ4v) is 6.64. The quantitative estimate of drug-likeness (QED) is 0.615. The van der Waals surface area contributed by atoms with E-state index < -0.39 is 38.0 Å². The van der Waals surface area contributed by atoms with Crippen LogP contribution in [0.15, 0.2) is 59.5 Å². The number of nitriles is 1. The van der Waals surface area contributed by atoms with Crippen LogP contribution in [0.4, 0.5) is 0 Å². The number of nitrogens with one attached hydrogen (secondary N) is 1. The molecule has 3 aliphatic rings. The van der Waals surface area contributed by atoms with Crippen molar-refractivity contribution in [2.75, 3.05) is 6.54 Å². The van der Waals surface area contributed by atoms with Crippen LogP contribution in [0.1, 0.15) is 37.7 Å². The summed E-state index contributed by atoms with van der Waals surface area (Å²) in [6, 6.07) is 16.5. The molecule has 0 bridgehead atoms. The first kappa shape index (κ1) is 23.0. The van der Waals surface area contributed by atoms with Gasteiger partial charge in [0.1, 0.15) is 5.54 Å². The first-order valence-electron chi connectivity index (χ1n) is 11.3. The molecule has 2 atom stereocenters. The SMILES string of the molecule is N#CC1(N(C(=O)[C@@H]2C[C@@H](S(=O)(=O)c3ccccc3)CN2)C(=O)C2(c3ccc(Cl)cc3)CC2)CC1.